The minimum atomic E-state index is -0.233. The molecular formula is C13H13FN2S. The first-order valence-electron chi connectivity index (χ1n) is 5.29. The molecule has 0 saturated heterocycles. The van der Waals surface area contributed by atoms with Gasteiger partial charge in [0.1, 0.15) is 10.8 Å². The van der Waals surface area contributed by atoms with Crippen LogP contribution in [0.2, 0.25) is 0 Å². The minimum Gasteiger partial charge on any atom is -0.326 e. The first-order valence-corrected chi connectivity index (χ1v) is 6.11. The van der Waals surface area contributed by atoms with E-state index < -0.39 is 0 Å². The molecule has 1 aromatic carbocycles. The van der Waals surface area contributed by atoms with Crippen molar-refractivity contribution in [3.05, 3.63) is 53.5 Å². The predicted molar refractivity (Wildman–Crippen MR) is 67.4 cm³/mol. The second-order valence-electron chi connectivity index (χ2n) is 3.65. The maximum Gasteiger partial charge on any atom is 0.137 e. The van der Waals surface area contributed by atoms with Crippen LogP contribution in [0.4, 0.5) is 4.39 Å². The molecule has 0 fully saturated rings. The standard InChI is InChI=1S/C13H13FN2S/c1-9-6-7-10(8-15)13(16-9)17-12-5-3-2-4-11(12)14/h2-7H,8,15H2,1H3. The molecule has 88 valence electrons. The zero-order valence-corrected chi connectivity index (χ0v) is 10.3. The van der Waals surface area contributed by atoms with E-state index >= 15 is 0 Å². The summed E-state index contributed by atoms with van der Waals surface area (Å²) in [5.41, 5.74) is 7.48. The molecule has 0 saturated carbocycles. The molecule has 2 aromatic rings. The molecule has 0 aliphatic rings. The van der Waals surface area contributed by atoms with Crippen LogP contribution in [0.15, 0.2) is 46.3 Å². The normalized spacial score (nSPS) is 10.5. The van der Waals surface area contributed by atoms with E-state index in [4.69, 9.17) is 5.73 Å². The fraction of sp³-hybridized carbons (Fsp3) is 0.154. The summed E-state index contributed by atoms with van der Waals surface area (Å²) in [7, 11) is 0. The molecule has 0 aliphatic carbocycles. The Bertz CT molecular complexity index is 529. The molecule has 0 amide bonds. The quantitative estimate of drug-likeness (QED) is 0.907. The molecule has 2 N–H and O–H groups in total. The van der Waals surface area contributed by atoms with Crippen molar-refractivity contribution in [3.63, 3.8) is 0 Å². The molecule has 1 aromatic heterocycles. The number of nitrogens with zero attached hydrogens (tertiary/aromatic N) is 1. The summed E-state index contributed by atoms with van der Waals surface area (Å²) in [6.45, 7) is 2.32. The van der Waals surface area contributed by atoms with E-state index in [0.717, 1.165) is 16.3 Å². The molecule has 0 atom stereocenters. The number of aromatic nitrogens is 1. The Morgan fingerprint density at radius 2 is 2.00 bits per heavy atom. The fourth-order valence-corrected chi connectivity index (χ4v) is 2.43. The lowest BCUT2D eigenvalue weighted by Crippen LogP contribution is -2.01. The first-order chi connectivity index (χ1) is 8.20. The molecular weight excluding hydrogens is 235 g/mol. The van der Waals surface area contributed by atoms with Gasteiger partial charge in [0.05, 0.1) is 0 Å². The molecule has 0 unspecified atom stereocenters. The van der Waals surface area contributed by atoms with Crippen molar-refractivity contribution in [1.29, 1.82) is 0 Å². The smallest absolute Gasteiger partial charge is 0.137 e. The third-order valence-electron chi connectivity index (χ3n) is 2.34. The highest BCUT2D eigenvalue weighted by atomic mass is 32.2. The van der Waals surface area contributed by atoms with Crippen molar-refractivity contribution in [2.45, 2.75) is 23.4 Å². The summed E-state index contributed by atoms with van der Waals surface area (Å²) in [5.74, 6) is -0.233. The van der Waals surface area contributed by atoms with E-state index in [0.29, 0.717) is 11.4 Å². The molecule has 2 rings (SSSR count). The van der Waals surface area contributed by atoms with Gasteiger partial charge in [0, 0.05) is 17.1 Å². The first kappa shape index (κ1) is 12.1. The van der Waals surface area contributed by atoms with Gasteiger partial charge in [-0.25, -0.2) is 9.37 Å². The lowest BCUT2D eigenvalue weighted by Gasteiger charge is -2.07. The van der Waals surface area contributed by atoms with Crippen LogP contribution in [0.5, 0.6) is 0 Å². The van der Waals surface area contributed by atoms with Crippen LogP contribution >= 0.6 is 11.8 Å². The second kappa shape index (κ2) is 5.29. The summed E-state index contributed by atoms with van der Waals surface area (Å²) >= 11 is 1.31. The molecule has 0 aliphatic heterocycles. The van der Waals surface area contributed by atoms with E-state index in [9.17, 15) is 4.39 Å². The number of hydrogen-bond donors (Lipinski definition) is 1. The Kier molecular flexibility index (Phi) is 3.76. The van der Waals surface area contributed by atoms with E-state index in [1.165, 1.54) is 17.8 Å². The predicted octanol–water partition coefficient (Wildman–Crippen LogP) is 3.14. The Morgan fingerprint density at radius 3 is 2.71 bits per heavy atom. The van der Waals surface area contributed by atoms with Crippen molar-refractivity contribution < 1.29 is 4.39 Å². The van der Waals surface area contributed by atoms with Crippen LogP contribution in [-0.2, 0) is 6.54 Å². The zero-order valence-electron chi connectivity index (χ0n) is 9.48. The van der Waals surface area contributed by atoms with Gasteiger partial charge in [0.2, 0.25) is 0 Å². The van der Waals surface area contributed by atoms with Crippen molar-refractivity contribution in [2.24, 2.45) is 5.73 Å². The van der Waals surface area contributed by atoms with Crippen LogP contribution in [0.1, 0.15) is 11.3 Å². The highest BCUT2D eigenvalue weighted by Gasteiger charge is 2.08. The molecule has 4 heteroatoms. The maximum absolute atomic E-state index is 13.5. The third kappa shape index (κ3) is 2.84. The maximum atomic E-state index is 13.5. The van der Waals surface area contributed by atoms with Crippen LogP contribution in [0.25, 0.3) is 0 Å². The van der Waals surface area contributed by atoms with Crippen molar-refractivity contribution >= 4 is 11.8 Å². The second-order valence-corrected chi connectivity index (χ2v) is 4.68. The fourth-order valence-electron chi connectivity index (χ4n) is 1.44. The number of aryl methyl sites for hydroxylation is 1. The topological polar surface area (TPSA) is 38.9 Å². The van der Waals surface area contributed by atoms with Gasteiger partial charge in [-0.3, -0.25) is 0 Å². The van der Waals surface area contributed by atoms with E-state index in [1.54, 1.807) is 12.1 Å². The van der Waals surface area contributed by atoms with Gasteiger partial charge in [0.25, 0.3) is 0 Å². The van der Waals surface area contributed by atoms with Gasteiger partial charge in [-0.2, -0.15) is 0 Å². The number of benzene rings is 1. The summed E-state index contributed by atoms with van der Waals surface area (Å²) in [5, 5.41) is 0.776. The number of hydrogen-bond acceptors (Lipinski definition) is 3. The van der Waals surface area contributed by atoms with Gasteiger partial charge < -0.3 is 5.73 Å². The highest BCUT2D eigenvalue weighted by Crippen LogP contribution is 2.30. The van der Waals surface area contributed by atoms with Crippen molar-refractivity contribution in [2.75, 3.05) is 0 Å². The Balaban J connectivity index is 2.35. The minimum absolute atomic E-state index is 0.233. The molecule has 17 heavy (non-hydrogen) atoms. The highest BCUT2D eigenvalue weighted by molar-refractivity contribution is 7.99. The molecule has 0 spiro atoms. The Hall–Kier alpha value is -1.39. The summed E-state index contributed by atoms with van der Waals surface area (Å²) in [4.78, 5) is 4.97. The summed E-state index contributed by atoms with van der Waals surface area (Å²) in [6.07, 6.45) is 0. The van der Waals surface area contributed by atoms with Crippen LogP contribution in [0, 0.1) is 12.7 Å². The van der Waals surface area contributed by atoms with Gasteiger partial charge in [-0.1, -0.05) is 30.0 Å². The number of halogens is 1. The average molecular weight is 248 g/mol. The average Bonchev–Trinajstić information content (AvgIpc) is 2.32. The third-order valence-corrected chi connectivity index (χ3v) is 3.44. The molecule has 0 bridgehead atoms. The number of pyridine rings is 1. The van der Waals surface area contributed by atoms with E-state index in [2.05, 4.69) is 4.98 Å². The van der Waals surface area contributed by atoms with Gasteiger partial charge in [-0.15, -0.1) is 0 Å². The zero-order chi connectivity index (χ0) is 12.3. The van der Waals surface area contributed by atoms with Gasteiger partial charge in [0.15, 0.2) is 0 Å². The molecule has 1 heterocycles. The SMILES string of the molecule is Cc1ccc(CN)c(Sc2ccccc2F)n1. The summed E-state index contributed by atoms with van der Waals surface area (Å²) in [6, 6.07) is 10.5. The molecule has 0 radical (unpaired) electrons. The van der Waals surface area contributed by atoms with Crippen molar-refractivity contribution in [3.8, 4) is 0 Å². The van der Waals surface area contributed by atoms with E-state index in [1.807, 2.05) is 25.1 Å². The number of nitrogens with two attached hydrogens (primary N) is 1. The Labute approximate surface area is 104 Å². The Morgan fingerprint density at radius 1 is 1.24 bits per heavy atom. The van der Waals surface area contributed by atoms with E-state index in [-0.39, 0.29) is 5.82 Å². The van der Waals surface area contributed by atoms with Gasteiger partial charge in [-0.05, 0) is 30.7 Å². The monoisotopic (exact) mass is 248 g/mol. The van der Waals surface area contributed by atoms with Crippen LogP contribution in [0.3, 0.4) is 0 Å². The number of rotatable bonds is 3. The largest absolute Gasteiger partial charge is 0.326 e. The van der Waals surface area contributed by atoms with Crippen LogP contribution < -0.4 is 5.73 Å². The van der Waals surface area contributed by atoms with Gasteiger partial charge >= 0.3 is 0 Å². The molecule has 2 nitrogen and oxygen atoms in total. The lowest BCUT2D eigenvalue weighted by molar-refractivity contribution is 0.602. The van der Waals surface area contributed by atoms with Crippen molar-refractivity contribution in [1.82, 2.24) is 4.98 Å². The summed E-state index contributed by atoms with van der Waals surface area (Å²) < 4.78 is 13.5. The lowest BCUT2D eigenvalue weighted by atomic mass is 10.2. The van der Waals surface area contributed by atoms with Crippen LogP contribution in [-0.4, -0.2) is 4.98 Å².